The van der Waals surface area contributed by atoms with E-state index >= 15 is 0 Å². The van der Waals surface area contributed by atoms with Crippen LogP contribution in [0.3, 0.4) is 0 Å². The quantitative estimate of drug-likeness (QED) is 0.388. The summed E-state index contributed by atoms with van der Waals surface area (Å²) in [5.74, 6) is -1.27. The van der Waals surface area contributed by atoms with Crippen LogP contribution < -0.4 is 21.4 Å². The fourth-order valence-corrected chi connectivity index (χ4v) is 8.61. The smallest absolute Gasteiger partial charge is 0.258 e. The maximum absolute atomic E-state index is 13.1. The van der Waals surface area contributed by atoms with Crippen LogP contribution in [0.2, 0.25) is 5.04 Å². The topological polar surface area (TPSA) is 92.4 Å². The fraction of sp³-hybridized carbons (Fsp3) is 0.231. The van der Waals surface area contributed by atoms with Crippen molar-refractivity contribution in [3.05, 3.63) is 88.9 Å². The molecule has 0 aromatic heterocycles. The van der Waals surface area contributed by atoms with Crippen LogP contribution in [0.25, 0.3) is 0 Å². The van der Waals surface area contributed by atoms with Crippen molar-refractivity contribution >= 4 is 52.1 Å². The Morgan fingerprint density at radius 3 is 2.00 bits per heavy atom. The molecule has 0 aliphatic carbocycles. The van der Waals surface area contributed by atoms with Gasteiger partial charge in [0.2, 0.25) is 5.91 Å². The van der Waals surface area contributed by atoms with Gasteiger partial charge in [0.05, 0.1) is 11.3 Å². The van der Waals surface area contributed by atoms with Gasteiger partial charge in [0, 0.05) is 10.4 Å². The summed E-state index contributed by atoms with van der Waals surface area (Å²) in [5.41, 5.74) is 6.08. The van der Waals surface area contributed by atoms with Gasteiger partial charge in [-0.25, -0.2) is 0 Å². The number of benzene rings is 3. The van der Waals surface area contributed by atoms with Gasteiger partial charge in [0.15, 0.2) is 0 Å². The molecular formula is C26H29BrN2O3Si. The molecule has 3 aromatic rings. The monoisotopic (exact) mass is 524 g/mol. The normalized spacial score (nSPS) is 12.8. The van der Waals surface area contributed by atoms with Crippen molar-refractivity contribution in [2.24, 2.45) is 11.7 Å². The number of nitrogens with one attached hydrogen (secondary N) is 1. The van der Waals surface area contributed by atoms with Gasteiger partial charge in [-0.05, 0) is 40.0 Å². The van der Waals surface area contributed by atoms with Crippen LogP contribution in [0.1, 0.15) is 37.6 Å². The van der Waals surface area contributed by atoms with Crippen LogP contribution in [0.4, 0.5) is 5.69 Å². The molecule has 0 heterocycles. The highest BCUT2D eigenvalue weighted by Gasteiger charge is 2.50. The number of carbonyl (C=O) groups is 2. The van der Waals surface area contributed by atoms with E-state index in [0.29, 0.717) is 12.1 Å². The van der Waals surface area contributed by atoms with Crippen molar-refractivity contribution in [3.8, 4) is 0 Å². The lowest BCUT2D eigenvalue weighted by Gasteiger charge is -2.42. The maximum Gasteiger partial charge on any atom is 0.258 e. The predicted molar refractivity (Wildman–Crippen MR) is 139 cm³/mol. The van der Waals surface area contributed by atoms with E-state index in [-0.39, 0.29) is 11.5 Å². The van der Waals surface area contributed by atoms with Crippen molar-refractivity contribution in [1.82, 2.24) is 0 Å². The van der Waals surface area contributed by atoms with E-state index < -0.39 is 25.2 Å². The summed E-state index contributed by atoms with van der Waals surface area (Å²) in [5, 5.41) is 4.08. The molecule has 3 aromatic carbocycles. The van der Waals surface area contributed by atoms with Crippen LogP contribution in [0.15, 0.2) is 83.3 Å². The zero-order valence-corrected chi connectivity index (χ0v) is 21.6. The first kappa shape index (κ1) is 24.9. The largest absolute Gasteiger partial charge is 0.424 e. The summed E-state index contributed by atoms with van der Waals surface area (Å²) >= 11 is 3.37. The molecule has 0 aliphatic heterocycles. The minimum Gasteiger partial charge on any atom is -0.424 e. The Morgan fingerprint density at radius 2 is 1.52 bits per heavy atom. The minimum absolute atomic E-state index is 0.235. The second-order valence-electron chi connectivity index (χ2n) is 8.97. The molecule has 7 heteroatoms. The lowest BCUT2D eigenvalue weighted by atomic mass is 9.96. The summed E-state index contributed by atoms with van der Waals surface area (Å²) in [6.07, 6.45) is 0.450. The Kier molecular flexibility index (Phi) is 7.57. The SMILES string of the molecule is C[C@@H](CC(C)(C)[Si](O)(c1ccccc1)c1ccccc1)C(=O)Nc1cc(Br)ccc1C(N)=O. The third-order valence-electron chi connectivity index (χ3n) is 6.13. The van der Waals surface area contributed by atoms with E-state index in [1.807, 2.05) is 81.4 Å². The number of hydrogen-bond acceptors (Lipinski definition) is 3. The Morgan fingerprint density at radius 1 is 1.00 bits per heavy atom. The molecule has 0 fully saturated rings. The third kappa shape index (κ3) is 5.26. The number of carbonyl (C=O) groups excluding carboxylic acids is 2. The first-order valence-electron chi connectivity index (χ1n) is 10.8. The van der Waals surface area contributed by atoms with E-state index in [9.17, 15) is 14.4 Å². The molecule has 0 saturated heterocycles. The van der Waals surface area contributed by atoms with Crippen LogP contribution in [0, 0.1) is 5.92 Å². The Bertz CT molecular complexity index is 1100. The zero-order chi connectivity index (χ0) is 24.2. The summed E-state index contributed by atoms with van der Waals surface area (Å²) < 4.78 is 0.728. The fourth-order valence-electron chi connectivity index (χ4n) is 4.40. The average Bonchev–Trinajstić information content (AvgIpc) is 2.79. The third-order valence-corrected chi connectivity index (χ3v) is 11.1. The van der Waals surface area contributed by atoms with E-state index in [2.05, 4.69) is 21.2 Å². The van der Waals surface area contributed by atoms with Crippen LogP contribution in [-0.4, -0.2) is 24.9 Å². The van der Waals surface area contributed by atoms with Gasteiger partial charge < -0.3 is 15.8 Å². The number of primary amides is 1. The Balaban J connectivity index is 1.91. The second kappa shape index (κ2) is 10.0. The van der Waals surface area contributed by atoms with Crippen molar-refractivity contribution in [1.29, 1.82) is 0 Å². The number of nitrogens with two attached hydrogens (primary N) is 1. The van der Waals surface area contributed by atoms with Gasteiger partial charge in [0.25, 0.3) is 14.2 Å². The summed E-state index contributed by atoms with van der Waals surface area (Å²) in [6, 6.07) is 24.4. The average molecular weight is 526 g/mol. The van der Waals surface area contributed by atoms with Gasteiger partial charge in [0.1, 0.15) is 0 Å². The molecule has 0 radical (unpaired) electrons. The number of hydrogen-bond donors (Lipinski definition) is 3. The van der Waals surface area contributed by atoms with Crippen molar-refractivity contribution < 1.29 is 14.4 Å². The van der Waals surface area contributed by atoms with E-state index in [1.54, 1.807) is 18.2 Å². The first-order chi connectivity index (χ1) is 15.6. The lowest BCUT2D eigenvalue weighted by Crippen LogP contribution is -2.65. The minimum atomic E-state index is -3.23. The highest BCUT2D eigenvalue weighted by molar-refractivity contribution is 9.10. The number of amides is 2. The second-order valence-corrected chi connectivity index (χ2v) is 13.8. The van der Waals surface area contributed by atoms with Crippen LogP contribution in [0.5, 0.6) is 0 Å². The lowest BCUT2D eigenvalue weighted by molar-refractivity contribution is -0.119. The van der Waals surface area contributed by atoms with Crippen molar-refractivity contribution in [3.63, 3.8) is 0 Å². The summed E-state index contributed by atoms with van der Waals surface area (Å²) in [4.78, 5) is 37.2. The standard InChI is InChI=1S/C26H29BrN2O3Si/c1-18(25(31)29-23-16-19(27)14-15-22(23)24(28)30)17-26(2,3)33(32,20-10-6-4-7-11-20)21-12-8-5-9-13-21/h4-16,18,32H,17H2,1-3H3,(H2,28,30)(H,29,31)/t18-/m0/s1. The van der Waals surface area contributed by atoms with Gasteiger partial charge in [-0.2, -0.15) is 0 Å². The molecular weight excluding hydrogens is 496 g/mol. The van der Waals surface area contributed by atoms with Gasteiger partial charge in [-0.1, -0.05) is 97.4 Å². The van der Waals surface area contributed by atoms with E-state index in [1.165, 1.54) is 0 Å². The van der Waals surface area contributed by atoms with Crippen LogP contribution in [-0.2, 0) is 4.79 Å². The Labute approximate surface area is 204 Å². The molecule has 0 saturated carbocycles. The van der Waals surface area contributed by atoms with Gasteiger partial charge >= 0.3 is 0 Å². The molecule has 0 unspecified atom stereocenters. The molecule has 3 rings (SSSR count). The molecule has 172 valence electrons. The molecule has 0 bridgehead atoms. The highest BCUT2D eigenvalue weighted by atomic mass is 79.9. The molecule has 1 atom stereocenters. The number of rotatable bonds is 8. The van der Waals surface area contributed by atoms with E-state index in [0.717, 1.165) is 14.8 Å². The molecule has 5 nitrogen and oxygen atoms in total. The maximum atomic E-state index is 13.1. The molecule has 0 spiro atoms. The highest BCUT2D eigenvalue weighted by Crippen LogP contribution is 2.41. The number of anilines is 1. The van der Waals surface area contributed by atoms with Crippen molar-refractivity contribution in [2.45, 2.75) is 32.2 Å². The molecule has 2 amide bonds. The first-order valence-corrected chi connectivity index (χ1v) is 13.5. The Hall–Kier alpha value is -2.74. The summed E-state index contributed by atoms with van der Waals surface area (Å²) in [6.45, 7) is 5.89. The zero-order valence-electron chi connectivity index (χ0n) is 19.0. The van der Waals surface area contributed by atoms with Crippen molar-refractivity contribution in [2.75, 3.05) is 5.32 Å². The number of halogens is 1. The molecule has 33 heavy (non-hydrogen) atoms. The van der Waals surface area contributed by atoms with Crippen LogP contribution >= 0.6 is 15.9 Å². The molecule has 4 N–H and O–H groups in total. The molecule has 0 aliphatic rings. The van der Waals surface area contributed by atoms with Gasteiger partial charge in [-0.3, -0.25) is 9.59 Å². The summed E-state index contributed by atoms with van der Waals surface area (Å²) in [7, 11) is -3.23. The van der Waals surface area contributed by atoms with E-state index in [4.69, 9.17) is 5.73 Å². The van der Waals surface area contributed by atoms with Gasteiger partial charge in [-0.15, -0.1) is 0 Å². The predicted octanol–water partition coefficient (Wildman–Crippen LogP) is 4.05.